The van der Waals surface area contributed by atoms with Crippen LogP contribution in [0.25, 0.3) is 0 Å². The first kappa shape index (κ1) is 27.5. The average Bonchev–Trinajstić information content (AvgIpc) is 2.75. The van der Waals surface area contributed by atoms with Gasteiger partial charge in [-0.25, -0.2) is 0 Å². The highest BCUT2D eigenvalue weighted by atomic mass is 19.4. The number of amides is 2. The minimum atomic E-state index is -4.49. The van der Waals surface area contributed by atoms with Crippen molar-refractivity contribution in [1.29, 1.82) is 0 Å². The zero-order chi connectivity index (χ0) is 26.9. The number of nitrogens with one attached hydrogen (secondary N) is 2. The van der Waals surface area contributed by atoms with E-state index in [1.807, 2.05) is 20.8 Å². The van der Waals surface area contributed by atoms with Gasteiger partial charge in [0.1, 0.15) is 0 Å². The number of carbonyl (C=O) groups is 2. The molecule has 0 unspecified atom stereocenters. The topological polar surface area (TPSA) is 58.2 Å². The Kier molecular flexibility index (Phi) is 7.49. The second-order valence-electron chi connectivity index (χ2n) is 10.6. The second kappa shape index (κ2) is 9.78. The Hall–Kier alpha value is -3.04. The van der Waals surface area contributed by atoms with Gasteiger partial charge < -0.3 is 10.6 Å². The minimum Gasteiger partial charge on any atom is -0.351 e. The Morgan fingerprint density at radius 2 is 1.22 bits per heavy atom. The molecule has 1 fully saturated rings. The van der Waals surface area contributed by atoms with Crippen molar-refractivity contribution in [2.75, 3.05) is 6.54 Å². The molecule has 3 rings (SSSR count). The molecule has 10 heteroatoms. The maximum absolute atomic E-state index is 12.8. The predicted molar refractivity (Wildman–Crippen MR) is 122 cm³/mol. The largest absolute Gasteiger partial charge is 0.416 e. The van der Waals surface area contributed by atoms with E-state index in [0.717, 1.165) is 55.0 Å². The third kappa shape index (κ3) is 7.01. The molecule has 2 atom stereocenters. The van der Waals surface area contributed by atoms with Crippen LogP contribution >= 0.6 is 0 Å². The summed E-state index contributed by atoms with van der Waals surface area (Å²) in [6.45, 7) is 6.25. The molecular formula is C26H28F6N2O2. The summed E-state index contributed by atoms with van der Waals surface area (Å²) in [7, 11) is 0. The van der Waals surface area contributed by atoms with E-state index in [4.69, 9.17) is 0 Å². The molecule has 2 N–H and O–H groups in total. The number of hydrogen-bond donors (Lipinski definition) is 2. The summed E-state index contributed by atoms with van der Waals surface area (Å²) in [5.41, 5.74) is -2.09. The molecule has 0 aromatic heterocycles. The van der Waals surface area contributed by atoms with E-state index in [1.165, 1.54) is 0 Å². The smallest absolute Gasteiger partial charge is 0.351 e. The molecule has 0 bridgehead atoms. The SMILES string of the molecule is CC1(C)C[C@@H](NC(=O)c2ccc(C(F)(F)F)cc2)C[C@](C)(CNC(=O)c2ccc(C(F)(F)F)cc2)C1. The monoisotopic (exact) mass is 514 g/mol. The van der Waals surface area contributed by atoms with Crippen LogP contribution in [-0.2, 0) is 12.4 Å². The summed E-state index contributed by atoms with van der Waals surface area (Å²) in [6, 6.07) is 7.67. The molecule has 4 nitrogen and oxygen atoms in total. The standard InChI is InChI=1S/C26H28F6N2O2/c1-23(2)12-20(34-22(36)17-6-10-19(11-7-17)26(30,31)32)13-24(3,14-23)15-33-21(35)16-4-8-18(9-5-16)25(27,28)29/h4-11,20H,12-15H2,1-3H3,(H,33,35)(H,34,36)/t20-,24+/m1/s1. The average molecular weight is 515 g/mol. The molecule has 196 valence electrons. The van der Waals surface area contributed by atoms with Crippen LogP contribution < -0.4 is 10.6 Å². The number of benzene rings is 2. The fraction of sp³-hybridized carbons (Fsp3) is 0.462. The number of carbonyl (C=O) groups excluding carboxylic acids is 2. The molecule has 1 aliphatic rings. The lowest BCUT2D eigenvalue weighted by Crippen LogP contribution is -2.50. The van der Waals surface area contributed by atoms with Crippen LogP contribution in [0, 0.1) is 10.8 Å². The van der Waals surface area contributed by atoms with Crippen molar-refractivity contribution in [2.24, 2.45) is 10.8 Å². The summed E-state index contributed by atoms with van der Waals surface area (Å²) < 4.78 is 76.7. The number of halogens is 6. The summed E-state index contributed by atoms with van der Waals surface area (Å²) in [5, 5.41) is 5.70. The van der Waals surface area contributed by atoms with Gasteiger partial charge in [0.05, 0.1) is 11.1 Å². The fourth-order valence-electron chi connectivity index (χ4n) is 5.16. The van der Waals surface area contributed by atoms with E-state index in [2.05, 4.69) is 10.6 Å². The third-order valence-electron chi connectivity index (χ3n) is 6.40. The van der Waals surface area contributed by atoms with Crippen LogP contribution in [0.3, 0.4) is 0 Å². The number of rotatable bonds is 5. The molecule has 0 spiro atoms. The number of hydrogen-bond acceptors (Lipinski definition) is 2. The summed E-state index contributed by atoms with van der Waals surface area (Å²) in [5.74, 6) is -0.985. The molecule has 0 aliphatic heterocycles. The highest BCUT2D eigenvalue weighted by Gasteiger charge is 2.42. The van der Waals surface area contributed by atoms with E-state index in [1.54, 1.807) is 0 Å². The lowest BCUT2D eigenvalue weighted by atomic mass is 9.62. The van der Waals surface area contributed by atoms with Gasteiger partial charge in [0, 0.05) is 23.7 Å². The normalized spacial score (nSPS) is 22.1. The zero-order valence-electron chi connectivity index (χ0n) is 20.1. The summed E-state index contributed by atoms with van der Waals surface area (Å²) >= 11 is 0. The van der Waals surface area contributed by atoms with Crippen molar-refractivity contribution in [1.82, 2.24) is 10.6 Å². The zero-order valence-corrected chi connectivity index (χ0v) is 20.1. The van der Waals surface area contributed by atoms with Gasteiger partial charge in [-0.05, 0) is 78.6 Å². The molecule has 0 saturated heterocycles. The minimum absolute atomic E-state index is 0.105. The van der Waals surface area contributed by atoms with Crippen LogP contribution in [0.5, 0.6) is 0 Å². The molecule has 2 aromatic carbocycles. The van der Waals surface area contributed by atoms with Gasteiger partial charge in [-0.15, -0.1) is 0 Å². The van der Waals surface area contributed by atoms with Gasteiger partial charge in [0.2, 0.25) is 0 Å². The Morgan fingerprint density at radius 3 is 1.67 bits per heavy atom. The highest BCUT2D eigenvalue weighted by Crippen LogP contribution is 2.46. The van der Waals surface area contributed by atoms with Crippen molar-refractivity contribution in [3.05, 3.63) is 70.8 Å². The highest BCUT2D eigenvalue weighted by molar-refractivity contribution is 5.95. The van der Waals surface area contributed by atoms with Gasteiger partial charge in [-0.2, -0.15) is 26.3 Å². The quantitative estimate of drug-likeness (QED) is 0.450. The van der Waals surface area contributed by atoms with Crippen molar-refractivity contribution in [2.45, 2.75) is 58.4 Å². The number of alkyl halides is 6. The lowest BCUT2D eigenvalue weighted by Gasteiger charge is -2.47. The first-order chi connectivity index (χ1) is 16.5. The Balaban J connectivity index is 1.64. The summed E-state index contributed by atoms with van der Waals surface area (Å²) in [4.78, 5) is 25.3. The first-order valence-electron chi connectivity index (χ1n) is 11.4. The van der Waals surface area contributed by atoms with Crippen molar-refractivity contribution in [3.8, 4) is 0 Å². The van der Waals surface area contributed by atoms with E-state index in [-0.39, 0.29) is 29.1 Å². The van der Waals surface area contributed by atoms with E-state index >= 15 is 0 Å². The maximum atomic E-state index is 12.8. The van der Waals surface area contributed by atoms with Crippen LogP contribution in [-0.4, -0.2) is 24.4 Å². The van der Waals surface area contributed by atoms with E-state index in [9.17, 15) is 35.9 Å². The molecule has 0 radical (unpaired) electrons. The summed E-state index contributed by atoms with van der Waals surface area (Å²) in [6.07, 6.45) is -7.11. The van der Waals surface area contributed by atoms with E-state index in [0.29, 0.717) is 12.8 Å². The molecule has 0 heterocycles. The van der Waals surface area contributed by atoms with Crippen LogP contribution in [0.15, 0.2) is 48.5 Å². The molecule has 1 aliphatic carbocycles. The van der Waals surface area contributed by atoms with Gasteiger partial charge in [-0.3, -0.25) is 9.59 Å². The lowest BCUT2D eigenvalue weighted by molar-refractivity contribution is -0.138. The van der Waals surface area contributed by atoms with E-state index < -0.39 is 40.7 Å². The van der Waals surface area contributed by atoms with Crippen molar-refractivity contribution < 1.29 is 35.9 Å². The Labute approximate surface area is 205 Å². The fourth-order valence-corrected chi connectivity index (χ4v) is 5.16. The molecule has 2 aromatic rings. The van der Waals surface area contributed by atoms with Crippen LogP contribution in [0.1, 0.15) is 71.9 Å². The van der Waals surface area contributed by atoms with Crippen LogP contribution in [0.4, 0.5) is 26.3 Å². The molecular weight excluding hydrogens is 486 g/mol. The van der Waals surface area contributed by atoms with Gasteiger partial charge >= 0.3 is 12.4 Å². The van der Waals surface area contributed by atoms with Gasteiger partial charge in [0.25, 0.3) is 11.8 Å². The molecule has 36 heavy (non-hydrogen) atoms. The van der Waals surface area contributed by atoms with Crippen molar-refractivity contribution in [3.63, 3.8) is 0 Å². The van der Waals surface area contributed by atoms with Gasteiger partial charge in [-0.1, -0.05) is 20.8 Å². The van der Waals surface area contributed by atoms with Crippen LogP contribution in [0.2, 0.25) is 0 Å². The predicted octanol–water partition coefficient (Wildman–Crippen LogP) is 6.47. The third-order valence-corrected chi connectivity index (χ3v) is 6.40. The molecule has 1 saturated carbocycles. The van der Waals surface area contributed by atoms with Gasteiger partial charge in [0.15, 0.2) is 0 Å². The second-order valence-corrected chi connectivity index (χ2v) is 10.6. The maximum Gasteiger partial charge on any atom is 0.416 e. The Bertz CT molecular complexity index is 1090. The Morgan fingerprint density at radius 1 is 0.778 bits per heavy atom. The van der Waals surface area contributed by atoms with Crippen molar-refractivity contribution >= 4 is 11.8 Å². The first-order valence-corrected chi connectivity index (χ1v) is 11.4. The molecule has 2 amide bonds.